The molecule has 0 aromatic heterocycles. The monoisotopic (exact) mass is 364 g/mol. The summed E-state index contributed by atoms with van der Waals surface area (Å²) in [5.74, 6) is 0.809. The van der Waals surface area contributed by atoms with E-state index in [9.17, 15) is 9.70 Å². The zero-order valence-electron chi connectivity index (χ0n) is 15.9. The summed E-state index contributed by atoms with van der Waals surface area (Å²) >= 11 is 0. The number of Topliss-reactive ketones (excluding diaryl/α,β-unsaturated/α-hetero) is 1. The van der Waals surface area contributed by atoms with Gasteiger partial charge in [-0.25, -0.2) is 0 Å². The number of ether oxygens (including phenoxy) is 1. The molecule has 4 heteroatoms. The highest BCUT2D eigenvalue weighted by atomic mass is 16.5. The molecule has 1 heterocycles. The zero-order chi connectivity index (χ0) is 19.0. The fourth-order valence-corrected chi connectivity index (χ4v) is 4.96. The third-order valence-corrected chi connectivity index (χ3v) is 6.30. The third kappa shape index (κ3) is 3.07. The fraction of sp³-hybridized carbons (Fsp3) is 0.435. The number of rotatable bonds is 4. The molecule has 1 aliphatic heterocycles. The number of hydrogen-bond acceptors (Lipinski definition) is 3. The van der Waals surface area contributed by atoms with Gasteiger partial charge in [-0.3, -0.25) is 4.79 Å². The Hall–Kier alpha value is -2.49. The van der Waals surface area contributed by atoms with Crippen molar-refractivity contribution in [2.24, 2.45) is 5.92 Å². The Morgan fingerprint density at radius 3 is 2.63 bits per heavy atom. The van der Waals surface area contributed by atoms with Crippen LogP contribution in [0.2, 0.25) is 0 Å². The number of nitrogens with zero attached hydrogens (tertiary/aromatic N) is 1. The molecule has 1 aliphatic carbocycles. The molecular formula is C23H26NO3+. The van der Waals surface area contributed by atoms with Gasteiger partial charge in [-0.1, -0.05) is 43.3 Å². The minimum atomic E-state index is -0.548. The first-order valence-electron chi connectivity index (χ1n) is 9.84. The van der Waals surface area contributed by atoms with E-state index in [4.69, 9.17) is 4.74 Å². The molecule has 0 amide bonds. The summed E-state index contributed by atoms with van der Waals surface area (Å²) in [7, 11) is 1.66. The highest BCUT2D eigenvalue weighted by Crippen LogP contribution is 2.45. The second-order valence-corrected chi connectivity index (χ2v) is 7.69. The number of carbonyl (C=O) groups is 1. The van der Waals surface area contributed by atoms with E-state index in [-0.39, 0.29) is 23.7 Å². The lowest BCUT2D eigenvalue weighted by atomic mass is 9.65. The van der Waals surface area contributed by atoms with Crippen LogP contribution in [-0.2, 0) is 17.6 Å². The molecule has 4 nitrogen and oxygen atoms in total. The number of benzene rings is 2. The van der Waals surface area contributed by atoms with Crippen molar-refractivity contribution in [1.29, 1.82) is 0 Å². The lowest BCUT2D eigenvalue weighted by Gasteiger charge is -2.39. The molecule has 0 N–H and O–H groups in total. The summed E-state index contributed by atoms with van der Waals surface area (Å²) in [5, 5.41) is 0. The predicted octanol–water partition coefficient (Wildman–Crippen LogP) is 4.09. The standard InChI is InChI=1S/C23H26NO3/c1-3-20-23(25)22-18-12-10-17(27-2)14-16(18)9-11-19(22)21(24(20)26)13-15-7-5-4-6-8-15/h4-8,10,12,14,19-22H,3,9,11,13H2,1-2H3/q+1. The van der Waals surface area contributed by atoms with Gasteiger partial charge in [0.2, 0.25) is 11.8 Å². The molecule has 0 spiro atoms. The van der Waals surface area contributed by atoms with Gasteiger partial charge in [0.15, 0.2) is 0 Å². The Labute approximate surface area is 160 Å². The number of methoxy groups -OCH3 is 1. The Balaban J connectivity index is 1.74. The van der Waals surface area contributed by atoms with Crippen LogP contribution in [0.25, 0.3) is 0 Å². The van der Waals surface area contributed by atoms with Gasteiger partial charge in [0.1, 0.15) is 5.75 Å². The summed E-state index contributed by atoms with van der Waals surface area (Å²) < 4.78 is 6.48. The van der Waals surface area contributed by atoms with Crippen LogP contribution in [0.1, 0.15) is 42.4 Å². The quantitative estimate of drug-likeness (QED) is 0.768. The maximum atomic E-state index is 13.2. The highest BCUT2D eigenvalue weighted by molar-refractivity contribution is 5.91. The largest absolute Gasteiger partial charge is 0.497 e. The van der Waals surface area contributed by atoms with Gasteiger partial charge in [-0.05, 0) is 41.7 Å². The summed E-state index contributed by atoms with van der Waals surface area (Å²) in [5.41, 5.74) is 3.45. The van der Waals surface area contributed by atoms with Crippen LogP contribution in [0.4, 0.5) is 0 Å². The van der Waals surface area contributed by atoms with Crippen LogP contribution in [0.3, 0.4) is 0 Å². The Kier molecular flexibility index (Phi) is 4.81. The van der Waals surface area contributed by atoms with Crippen LogP contribution in [0.15, 0.2) is 48.5 Å². The van der Waals surface area contributed by atoms with Gasteiger partial charge in [0.05, 0.1) is 13.0 Å². The normalized spacial score (nSPS) is 27.0. The van der Waals surface area contributed by atoms with Crippen molar-refractivity contribution in [3.63, 3.8) is 0 Å². The zero-order valence-corrected chi connectivity index (χ0v) is 15.9. The molecule has 4 atom stereocenters. The van der Waals surface area contributed by atoms with Crippen LogP contribution in [0, 0.1) is 10.8 Å². The molecule has 4 rings (SSSR count). The van der Waals surface area contributed by atoms with Gasteiger partial charge >= 0.3 is 0 Å². The first kappa shape index (κ1) is 17.9. The summed E-state index contributed by atoms with van der Waals surface area (Å²) in [4.78, 5) is 26.4. The number of ketones is 1. The fourth-order valence-electron chi connectivity index (χ4n) is 4.96. The third-order valence-electron chi connectivity index (χ3n) is 6.30. The minimum Gasteiger partial charge on any atom is -0.497 e. The molecule has 4 unspecified atom stereocenters. The van der Waals surface area contributed by atoms with Gasteiger partial charge in [0.25, 0.3) is 6.04 Å². The highest BCUT2D eigenvalue weighted by Gasteiger charge is 2.56. The molecule has 1 saturated heterocycles. The Bertz CT molecular complexity index is 861. The van der Waals surface area contributed by atoms with E-state index in [0.717, 1.165) is 34.5 Å². The number of nitroso groups, excluding NO2 is 1. The molecule has 2 aromatic rings. The van der Waals surface area contributed by atoms with Crippen molar-refractivity contribution in [2.45, 2.75) is 50.6 Å². The van der Waals surface area contributed by atoms with Crippen LogP contribution in [0.5, 0.6) is 5.75 Å². The first-order chi connectivity index (χ1) is 13.1. The van der Waals surface area contributed by atoms with Crippen LogP contribution < -0.4 is 4.74 Å². The van der Waals surface area contributed by atoms with Gasteiger partial charge in [-0.2, -0.15) is 0 Å². The number of carbonyl (C=O) groups excluding carboxylic acids is 1. The van der Waals surface area contributed by atoms with Gasteiger partial charge < -0.3 is 4.74 Å². The topological polar surface area (TPSA) is 46.4 Å². The minimum absolute atomic E-state index is 0.0684. The van der Waals surface area contributed by atoms with Crippen LogP contribution in [-0.4, -0.2) is 29.7 Å². The molecule has 1 fully saturated rings. The van der Waals surface area contributed by atoms with Gasteiger partial charge in [0, 0.05) is 28.4 Å². The summed E-state index contributed by atoms with van der Waals surface area (Å²) in [6.07, 6.45) is 3.00. The predicted molar refractivity (Wildman–Crippen MR) is 104 cm³/mol. The molecule has 2 aliphatic rings. The second-order valence-electron chi connectivity index (χ2n) is 7.69. The lowest BCUT2D eigenvalue weighted by Crippen LogP contribution is -2.55. The van der Waals surface area contributed by atoms with Crippen molar-refractivity contribution < 1.29 is 14.3 Å². The van der Waals surface area contributed by atoms with Gasteiger partial charge in [-0.15, -0.1) is 0 Å². The molecule has 0 saturated carbocycles. The Morgan fingerprint density at radius 1 is 1.15 bits per heavy atom. The van der Waals surface area contributed by atoms with Crippen molar-refractivity contribution in [1.82, 2.24) is 0 Å². The number of piperidine rings is 1. The average Bonchev–Trinajstić information content (AvgIpc) is 2.71. The number of aryl methyl sites for hydroxylation is 1. The maximum Gasteiger partial charge on any atom is 0.259 e. The van der Waals surface area contributed by atoms with E-state index in [0.29, 0.717) is 12.8 Å². The molecule has 0 radical (unpaired) electrons. The SMILES string of the molecule is CCC1C(=O)C2c3ccc(OC)cc3CCC2C(Cc2ccccc2)[N+]1=O. The van der Waals surface area contributed by atoms with E-state index in [2.05, 4.69) is 18.2 Å². The van der Waals surface area contributed by atoms with Crippen LogP contribution >= 0.6 is 0 Å². The molecule has 2 aromatic carbocycles. The van der Waals surface area contributed by atoms with E-state index in [1.165, 1.54) is 5.56 Å². The summed E-state index contributed by atoms with van der Waals surface area (Å²) in [6.45, 7) is 1.94. The first-order valence-corrected chi connectivity index (χ1v) is 9.84. The second kappa shape index (κ2) is 7.26. The maximum absolute atomic E-state index is 13.2. The smallest absolute Gasteiger partial charge is 0.259 e. The van der Waals surface area contributed by atoms with Crippen molar-refractivity contribution >= 4 is 5.78 Å². The van der Waals surface area contributed by atoms with E-state index in [1.54, 1.807) is 7.11 Å². The molecule has 0 bridgehead atoms. The van der Waals surface area contributed by atoms with Crippen molar-refractivity contribution in [3.05, 3.63) is 70.1 Å². The molecular weight excluding hydrogens is 338 g/mol. The average molecular weight is 364 g/mol. The molecule has 140 valence electrons. The summed E-state index contributed by atoms with van der Waals surface area (Å²) in [6, 6.07) is 15.5. The Morgan fingerprint density at radius 2 is 1.93 bits per heavy atom. The van der Waals surface area contributed by atoms with E-state index in [1.807, 2.05) is 37.3 Å². The van der Waals surface area contributed by atoms with Crippen molar-refractivity contribution in [3.8, 4) is 5.75 Å². The lowest BCUT2D eigenvalue weighted by molar-refractivity contribution is -0.623. The van der Waals surface area contributed by atoms with Crippen molar-refractivity contribution in [2.75, 3.05) is 7.11 Å². The number of hydrogen-bond donors (Lipinski definition) is 0. The number of fused-ring (bicyclic) bond motifs is 3. The van der Waals surface area contributed by atoms with E-state index >= 15 is 0 Å². The van der Waals surface area contributed by atoms with E-state index < -0.39 is 6.04 Å². The molecule has 27 heavy (non-hydrogen) atoms.